The largest absolute Gasteiger partial charge is 0.481 e. The van der Waals surface area contributed by atoms with E-state index in [2.05, 4.69) is 25.1 Å². The number of fused-ring (bicyclic) bond motifs is 1. The molecule has 0 saturated heterocycles. The Morgan fingerprint density at radius 3 is 2.44 bits per heavy atom. The van der Waals surface area contributed by atoms with Gasteiger partial charge in [-0.05, 0) is 101 Å². The van der Waals surface area contributed by atoms with Gasteiger partial charge in [-0.3, -0.25) is 9.59 Å². The summed E-state index contributed by atoms with van der Waals surface area (Å²) in [5.74, 6) is 0.263. The Balaban J connectivity index is 1.70. The number of benzene rings is 1. The highest BCUT2D eigenvalue weighted by Crippen LogP contribution is 2.43. The third kappa shape index (κ3) is 4.62. The van der Waals surface area contributed by atoms with Crippen LogP contribution < -0.4 is 0 Å². The van der Waals surface area contributed by atoms with Crippen LogP contribution in [0.4, 0.5) is 0 Å². The first kappa shape index (κ1) is 20.1. The maximum absolute atomic E-state index is 13.0. The molecule has 0 heterocycles. The normalized spacial score (nSPS) is 30.2. The predicted molar refractivity (Wildman–Crippen MR) is 108 cm³/mol. The van der Waals surface area contributed by atoms with Crippen LogP contribution in [0, 0.1) is 24.2 Å². The summed E-state index contributed by atoms with van der Waals surface area (Å²) in [6, 6.07) is 6.62. The third-order valence-electron chi connectivity index (χ3n) is 7.20. The van der Waals surface area contributed by atoms with E-state index >= 15 is 0 Å². The lowest BCUT2D eigenvalue weighted by atomic mass is 9.66. The van der Waals surface area contributed by atoms with Gasteiger partial charge in [0.2, 0.25) is 0 Å². The molecule has 2 aliphatic rings. The number of carboxylic acid groups (broad SMARTS) is 1. The van der Waals surface area contributed by atoms with Crippen LogP contribution in [-0.2, 0) is 22.4 Å². The van der Waals surface area contributed by atoms with E-state index in [4.69, 9.17) is 0 Å². The first-order chi connectivity index (χ1) is 12.9. The number of Topliss-reactive ketones (excluding diaryl/α,β-unsaturated/α-hetero) is 1. The molecule has 0 bridgehead atoms. The van der Waals surface area contributed by atoms with Crippen LogP contribution in [0.3, 0.4) is 0 Å². The highest BCUT2D eigenvalue weighted by Gasteiger charge is 2.40. The Kier molecular flexibility index (Phi) is 6.39. The van der Waals surface area contributed by atoms with E-state index in [1.165, 1.54) is 16.7 Å². The highest BCUT2D eigenvalue weighted by atomic mass is 16.4. The zero-order valence-electron chi connectivity index (χ0n) is 16.9. The van der Waals surface area contributed by atoms with Crippen molar-refractivity contribution in [3.8, 4) is 0 Å². The molecule has 1 aromatic rings. The molecule has 0 aliphatic heterocycles. The lowest BCUT2D eigenvalue weighted by Crippen LogP contribution is -2.36. The third-order valence-corrected chi connectivity index (χ3v) is 7.20. The SMILES string of the molecule is Cc1cccc2c1CCCC(C1CCC(C)(C(=O)O)CC1)C(=O)CCCC2. The second kappa shape index (κ2) is 8.58. The van der Waals surface area contributed by atoms with Crippen molar-refractivity contribution in [1.82, 2.24) is 0 Å². The van der Waals surface area contributed by atoms with Gasteiger partial charge in [-0.1, -0.05) is 18.2 Å². The molecule has 0 spiro atoms. The minimum Gasteiger partial charge on any atom is -0.481 e. The second-order valence-electron chi connectivity index (χ2n) is 9.09. The number of carbonyl (C=O) groups is 2. The van der Waals surface area contributed by atoms with Crippen molar-refractivity contribution in [3.05, 3.63) is 34.9 Å². The van der Waals surface area contributed by atoms with Crippen LogP contribution in [0.25, 0.3) is 0 Å². The van der Waals surface area contributed by atoms with Crippen LogP contribution in [0.5, 0.6) is 0 Å². The number of aliphatic carboxylic acids is 1. The molecule has 3 nitrogen and oxygen atoms in total. The molecular weight excluding hydrogens is 336 g/mol. The van der Waals surface area contributed by atoms with Gasteiger partial charge in [-0.25, -0.2) is 0 Å². The van der Waals surface area contributed by atoms with Crippen LogP contribution in [-0.4, -0.2) is 16.9 Å². The second-order valence-corrected chi connectivity index (χ2v) is 9.09. The summed E-state index contributed by atoms with van der Waals surface area (Å²) in [4.78, 5) is 24.5. The van der Waals surface area contributed by atoms with Crippen LogP contribution in [0.1, 0.15) is 81.4 Å². The fourth-order valence-corrected chi connectivity index (χ4v) is 5.21. The molecule has 0 amide bonds. The first-order valence-electron chi connectivity index (χ1n) is 10.7. The minimum absolute atomic E-state index is 0.133. The Bertz CT molecular complexity index is 683. The topological polar surface area (TPSA) is 54.4 Å². The van der Waals surface area contributed by atoms with Gasteiger partial charge in [-0.2, -0.15) is 0 Å². The Labute approximate surface area is 163 Å². The quantitative estimate of drug-likeness (QED) is 0.747. The van der Waals surface area contributed by atoms with E-state index in [1.54, 1.807) is 0 Å². The Morgan fingerprint density at radius 2 is 1.74 bits per heavy atom. The smallest absolute Gasteiger partial charge is 0.309 e. The number of ketones is 1. The van der Waals surface area contributed by atoms with Crippen LogP contribution in [0.2, 0.25) is 0 Å². The average Bonchev–Trinajstić information content (AvgIpc) is 2.67. The summed E-state index contributed by atoms with van der Waals surface area (Å²) in [5, 5.41) is 9.48. The van der Waals surface area contributed by atoms with E-state index in [-0.39, 0.29) is 5.92 Å². The summed E-state index contributed by atoms with van der Waals surface area (Å²) in [6.07, 6.45) is 10.1. The maximum Gasteiger partial charge on any atom is 0.309 e. The van der Waals surface area contributed by atoms with E-state index in [0.717, 1.165) is 51.4 Å². The van der Waals surface area contributed by atoms with Gasteiger partial charge in [0.05, 0.1) is 5.41 Å². The fraction of sp³-hybridized carbons (Fsp3) is 0.667. The summed E-state index contributed by atoms with van der Waals surface area (Å²) < 4.78 is 0. The molecule has 1 unspecified atom stereocenters. The number of aryl methyl sites for hydroxylation is 2. The van der Waals surface area contributed by atoms with Gasteiger partial charge in [0.15, 0.2) is 0 Å². The average molecular weight is 371 g/mol. The zero-order valence-corrected chi connectivity index (χ0v) is 16.9. The molecule has 2 aliphatic carbocycles. The highest BCUT2D eigenvalue weighted by molar-refractivity contribution is 5.81. The molecule has 1 aromatic carbocycles. The molecule has 1 N–H and O–H groups in total. The van der Waals surface area contributed by atoms with Crippen molar-refractivity contribution >= 4 is 11.8 Å². The van der Waals surface area contributed by atoms with Gasteiger partial charge in [0.1, 0.15) is 5.78 Å². The molecule has 3 heteroatoms. The van der Waals surface area contributed by atoms with Crippen LogP contribution in [0.15, 0.2) is 18.2 Å². The first-order valence-corrected chi connectivity index (χ1v) is 10.7. The van der Waals surface area contributed by atoms with Crippen molar-refractivity contribution in [2.75, 3.05) is 0 Å². The number of hydrogen-bond acceptors (Lipinski definition) is 2. The predicted octanol–water partition coefficient (Wildman–Crippen LogP) is 5.51. The van der Waals surface area contributed by atoms with Crippen molar-refractivity contribution < 1.29 is 14.7 Å². The molecule has 1 atom stereocenters. The number of rotatable bonds is 2. The summed E-state index contributed by atoms with van der Waals surface area (Å²) in [7, 11) is 0. The minimum atomic E-state index is -0.679. The summed E-state index contributed by atoms with van der Waals surface area (Å²) in [6.45, 7) is 4.07. The van der Waals surface area contributed by atoms with Crippen molar-refractivity contribution in [3.63, 3.8) is 0 Å². The lowest BCUT2D eigenvalue weighted by molar-refractivity contribution is -0.150. The van der Waals surface area contributed by atoms with Gasteiger partial charge in [0.25, 0.3) is 0 Å². The molecule has 1 saturated carbocycles. The molecule has 0 radical (unpaired) electrons. The number of carboxylic acids is 1. The molecule has 27 heavy (non-hydrogen) atoms. The standard InChI is InChI=1S/C24H34O3/c1-17-7-5-9-18-8-3-4-12-22(25)21(11-6-10-20(17)18)19-13-15-24(2,16-14-19)23(26)27/h5,7,9,19,21H,3-4,6,8,10-16H2,1-2H3,(H,26,27). The van der Waals surface area contributed by atoms with Crippen LogP contribution >= 0.6 is 0 Å². The Morgan fingerprint density at radius 1 is 1.04 bits per heavy atom. The van der Waals surface area contributed by atoms with E-state index in [0.29, 0.717) is 31.0 Å². The molecule has 1 fully saturated rings. The molecule has 3 rings (SSSR count). The van der Waals surface area contributed by atoms with Gasteiger partial charge >= 0.3 is 5.97 Å². The fourth-order valence-electron chi connectivity index (χ4n) is 5.21. The Hall–Kier alpha value is -1.64. The van der Waals surface area contributed by atoms with Gasteiger partial charge in [-0.15, -0.1) is 0 Å². The monoisotopic (exact) mass is 370 g/mol. The van der Waals surface area contributed by atoms with Gasteiger partial charge < -0.3 is 5.11 Å². The molecular formula is C24H34O3. The van der Waals surface area contributed by atoms with Gasteiger partial charge in [0, 0.05) is 12.3 Å². The van der Waals surface area contributed by atoms with Crippen molar-refractivity contribution in [1.29, 1.82) is 0 Å². The van der Waals surface area contributed by atoms with E-state index in [1.807, 2.05) is 6.92 Å². The van der Waals surface area contributed by atoms with Crippen molar-refractivity contribution in [2.24, 2.45) is 17.3 Å². The van der Waals surface area contributed by atoms with E-state index < -0.39 is 11.4 Å². The zero-order chi connectivity index (χ0) is 19.4. The maximum atomic E-state index is 13.0. The number of hydrogen-bond donors (Lipinski definition) is 1. The summed E-state index contributed by atoms with van der Waals surface area (Å²) >= 11 is 0. The lowest BCUT2D eigenvalue weighted by Gasteiger charge is -2.37. The molecule has 148 valence electrons. The number of carbonyl (C=O) groups excluding carboxylic acids is 1. The van der Waals surface area contributed by atoms with E-state index in [9.17, 15) is 14.7 Å². The molecule has 0 aromatic heterocycles. The van der Waals surface area contributed by atoms with Crippen molar-refractivity contribution in [2.45, 2.75) is 84.5 Å². The summed E-state index contributed by atoms with van der Waals surface area (Å²) in [5.41, 5.74) is 3.75.